The second-order valence-corrected chi connectivity index (χ2v) is 5.30. The molecule has 1 saturated heterocycles. The van der Waals surface area contributed by atoms with E-state index in [0.29, 0.717) is 0 Å². The van der Waals surface area contributed by atoms with Crippen molar-refractivity contribution in [3.8, 4) is 0 Å². The lowest BCUT2D eigenvalue weighted by atomic mass is 9.89. The maximum absolute atomic E-state index is 11.9. The summed E-state index contributed by atoms with van der Waals surface area (Å²) in [4.78, 5) is 13.9. The number of carbonyl (C=O) groups is 1. The van der Waals surface area contributed by atoms with Crippen LogP contribution in [0.2, 0.25) is 0 Å². The normalized spacial score (nSPS) is 21.9. The number of likely N-dealkylation sites (N-methyl/N-ethyl adjacent to an activating group) is 1. The molecule has 1 unspecified atom stereocenters. The van der Waals surface area contributed by atoms with Crippen molar-refractivity contribution in [1.82, 2.24) is 10.2 Å². The Balaban J connectivity index is 2.45. The molecule has 1 aliphatic rings. The lowest BCUT2D eigenvalue weighted by Crippen LogP contribution is -2.40. The number of ether oxygens (including phenoxy) is 1. The van der Waals surface area contributed by atoms with Crippen LogP contribution in [0.4, 0.5) is 0 Å². The molecule has 0 aromatic heterocycles. The standard InChI is InChI=1S/C12H24N2O2/c1-12(2,6-8-16-4)9-14-7-5-10(13-3)11(14)15/h10,13H,5-9H2,1-4H3. The zero-order chi connectivity index (χ0) is 12.2. The van der Waals surface area contributed by atoms with Crippen molar-refractivity contribution in [1.29, 1.82) is 0 Å². The van der Waals surface area contributed by atoms with E-state index in [1.807, 2.05) is 11.9 Å². The number of nitrogens with one attached hydrogen (secondary N) is 1. The van der Waals surface area contributed by atoms with E-state index in [4.69, 9.17) is 4.74 Å². The number of carbonyl (C=O) groups excluding carboxylic acids is 1. The van der Waals surface area contributed by atoms with Crippen molar-refractivity contribution in [2.75, 3.05) is 33.9 Å². The van der Waals surface area contributed by atoms with Crippen molar-refractivity contribution in [3.63, 3.8) is 0 Å². The summed E-state index contributed by atoms with van der Waals surface area (Å²) in [5.74, 6) is 0.244. The van der Waals surface area contributed by atoms with Crippen LogP contribution in [0, 0.1) is 5.41 Å². The van der Waals surface area contributed by atoms with Gasteiger partial charge in [-0.15, -0.1) is 0 Å². The largest absolute Gasteiger partial charge is 0.385 e. The summed E-state index contributed by atoms with van der Waals surface area (Å²) in [7, 11) is 3.57. The van der Waals surface area contributed by atoms with Gasteiger partial charge in [0.15, 0.2) is 0 Å². The third kappa shape index (κ3) is 3.46. The van der Waals surface area contributed by atoms with Crippen molar-refractivity contribution in [3.05, 3.63) is 0 Å². The first-order valence-electron chi connectivity index (χ1n) is 5.95. The highest BCUT2D eigenvalue weighted by Crippen LogP contribution is 2.24. The lowest BCUT2D eigenvalue weighted by Gasteiger charge is -2.30. The quantitative estimate of drug-likeness (QED) is 0.733. The zero-order valence-electron chi connectivity index (χ0n) is 10.9. The third-order valence-electron chi connectivity index (χ3n) is 3.25. The molecule has 1 atom stereocenters. The molecule has 0 radical (unpaired) electrons. The highest BCUT2D eigenvalue weighted by Gasteiger charge is 2.33. The molecule has 4 nitrogen and oxygen atoms in total. The number of amides is 1. The fourth-order valence-corrected chi connectivity index (χ4v) is 2.14. The third-order valence-corrected chi connectivity index (χ3v) is 3.25. The Morgan fingerprint density at radius 2 is 2.25 bits per heavy atom. The predicted molar refractivity (Wildman–Crippen MR) is 64.3 cm³/mol. The van der Waals surface area contributed by atoms with Crippen LogP contribution in [0.15, 0.2) is 0 Å². The van der Waals surface area contributed by atoms with Crippen molar-refractivity contribution >= 4 is 5.91 Å². The smallest absolute Gasteiger partial charge is 0.239 e. The van der Waals surface area contributed by atoms with Gasteiger partial charge in [0.1, 0.15) is 0 Å². The zero-order valence-corrected chi connectivity index (χ0v) is 10.9. The van der Waals surface area contributed by atoms with Crippen LogP contribution in [0.5, 0.6) is 0 Å². The minimum atomic E-state index is 0.0261. The van der Waals surface area contributed by atoms with E-state index in [2.05, 4.69) is 19.2 Å². The molecule has 0 aliphatic carbocycles. The molecule has 4 heteroatoms. The molecule has 94 valence electrons. The van der Waals surface area contributed by atoms with Crippen LogP contribution >= 0.6 is 0 Å². The summed E-state index contributed by atoms with van der Waals surface area (Å²) in [6.45, 7) is 6.83. The van der Waals surface area contributed by atoms with Gasteiger partial charge in [-0.25, -0.2) is 0 Å². The highest BCUT2D eigenvalue weighted by molar-refractivity contribution is 5.83. The van der Waals surface area contributed by atoms with Crippen LogP contribution in [-0.2, 0) is 9.53 Å². The monoisotopic (exact) mass is 228 g/mol. The molecule has 1 fully saturated rings. The fourth-order valence-electron chi connectivity index (χ4n) is 2.14. The summed E-state index contributed by atoms with van der Waals surface area (Å²) in [6.07, 6.45) is 1.91. The molecule has 1 N–H and O–H groups in total. The Kier molecular flexibility index (Phi) is 4.74. The van der Waals surface area contributed by atoms with Gasteiger partial charge in [-0.05, 0) is 25.3 Å². The van der Waals surface area contributed by atoms with Crippen LogP contribution in [0.25, 0.3) is 0 Å². The second kappa shape index (κ2) is 5.64. The van der Waals surface area contributed by atoms with E-state index in [1.54, 1.807) is 7.11 Å². The Bertz CT molecular complexity index is 241. The summed E-state index contributed by atoms with van der Waals surface area (Å²) >= 11 is 0. The average molecular weight is 228 g/mol. The van der Waals surface area contributed by atoms with Gasteiger partial charge in [-0.2, -0.15) is 0 Å². The minimum absolute atomic E-state index is 0.0261. The maximum Gasteiger partial charge on any atom is 0.239 e. The number of rotatable bonds is 6. The summed E-state index contributed by atoms with van der Waals surface area (Å²) in [5.41, 5.74) is 0.133. The van der Waals surface area contributed by atoms with E-state index >= 15 is 0 Å². The molecule has 16 heavy (non-hydrogen) atoms. The minimum Gasteiger partial charge on any atom is -0.385 e. The molecule has 0 bridgehead atoms. The van der Waals surface area contributed by atoms with Crippen LogP contribution in [-0.4, -0.2) is 50.7 Å². The second-order valence-electron chi connectivity index (χ2n) is 5.30. The van der Waals surface area contributed by atoms with Crippen molar-refractivity contribution in [2.45, 2.75) is 32.7 Å². The summed E-state index contributed by atoms with van der Waals surface area (Å²) in [6, 6.07) is 0.0261. The number of likely N-dealkylation sites (tertiary alicyclic amines) is 1. The Hall–Kier alpha value is -0.610. The predicted octanol–water partition coefficient (Wildman–Crippen LogP) is 0.869. The topological polar surface area (TPSA) is 41.6 Å². The molecule has 0 saturated carbocycles. The first-order valence-corrected chi connectivity index (χ1v) is 5.95. The van der Waals surface area contributed by atoms with Gasteiger partial charge in [-0.1, -0.05) is 13.8 Å². The SMILES string of the molecule is CNC1CCN(CC(C)(C)CCOC)C1=O. The number of methoxy groups -OCH3 is 1. The molecule has 1 heterocycles. The van der Waals surface area contributed by atoms with E-state index in [0.717, 1.165) is 32.5 Å². The van der Waals surface area contributed by atoms with Gasteiger partial charge < -0.3 is 15.0 Å². The van der Waals surface area contributed by atoms with Gasteiger partial charge in [0.05, 0.1) is 6.04 Å². The molecule has 0 spiro atoms. The molecular formula is C12H24N2O2. The van der Waals surface area contributed by atoms with Crippen LogP contribution < -0.4 is 5.32 Å². The number of nitrogens with zero attached hydrogens (tertiary/aromatic N) is 1. The van der Waals surface area contributed by atoms with Gasteiger partial charge in [0, 0.05) is 26.8 Å². The number of hydrogen-bond acceptors (Lipinski definition) is 3. The molecule has 1 aliphatic heterocycles. The molecule has 1 rings (SSSR count). The molecule has 0 aromatic rings. The number of hydrogen-bond donors (Lipinski definition) is 1. The average Bonchev–Trinajstić information content (AvgIpc) is 2.57. The lowest BCUT2D eigenvalue weighted by molar-refractivity contribution is -0.130. The van der Waals surface area contributed by atoms with Gasteiger partial charge in [-0.3, -0.25) is 4.79 Å². The Morgan fingerprint density at radius 1 is 1.56 bits per heavy atom. The molecule has 1 amide bonds. The van der Waals surface area contributed by atoms with Crippen molar-refractivity contribution < 1.29 is 9.53 Å². The first-order chi connectivity index (χ1) is 7.50. The van der Waals surface area contributed by atoms with Crippen LogP contribution in [0.3, 0.4) is 0 Å². The van der Waals surface area contributed by atoms with E-state index in [-0.39, 0.29) is 17.4 Å². The summed E-state index contributed by atoms with van der Waals surface area (Å²) in [5, 5.41) is 3.06. The Morgan fingerprint density at radius 3 is 2.75 bits per heavy atom. The Labute approximate surface area is 98.3 Å². The first kappa shape index (κ1) is 13.5. The maximum atomic E-state index is 11.9. The molecular weight excluding hydrogens is 204 g/mol. The van der Waals surface area contributed by atoms with E-state index < -0.39 is 0 Å². The summed E-state index contributed by atoms with van der Waals surface area (Å²) < 4.78 is 5.10. The van der Waals surface area contributed by atoms with Gasteiger partial charge in [0.2, 0.25) is 5.91 Å². The van der Waals surface area contributed by atoms with E-state index in [1.165, 1.54) is 0 Å². The van der Waals surface area contributed by atoms with Crippen molar-refractivity contribution in [2.24, 2.45) is 5.41 Å². The van der Waals surface area contributed by atoms with E-state index in [9.17, 15) is 4.79 Å². The molecule has 0 aromatic carbocycles. The van der Waals surface area contributed by atoms with Gasteiger partial charge >= 0.3 is 0 Å². The van der Waals surface area contributed by atoms with Gasteiger partial charge in [0.25, 0.3) is 0 Å². The fraction of sp³-hybridized carbons (Fsp3) is 0.917. The van der Waals surface area contributed by atoms with Crippen LogP contribution in [0.1, 0.15) is 26.7 Å². The highest BCUT2D eigenvalue weighted by atomic mass is 16.5.